The lowest BCUT2D eigenvalue weighted by Gasteiger charge is -2.06. The van der Waals surface area contributed by atoms with Crippen molar-refractivity contribution < 1.29 is 9.53 Å². The summed E-state index contributed by atoms with van der Waals surface area (Å²) < 4.78 is 4.59. The summed E-state index contributed by atoms with van der Waals surface area (Å²) in [6.45, 7) is 1.87. The Bertz CT molecular complexity index is 308. The van der Waals surface area contributed by atoms with E-state index in [2.05, 4.69) is 4.74 Å². The van der Waals surface area contributed by atoms with Crippen LogP contribution < -0.4 is 5.73 Å². The fourth-order valence-corrected chi connectivity index (χ4v) is 1.07. The molecule has 0 saturated carbocycles. The number of ether oxygens (including phenoxy) is 1. The third-order valence-electron chi connectivity index (χ3n) is 1.83. The molecule has 1 atom stereocenters. The first-order valence-electron chi connectivity index (χ1n) is 4.09. The number of carbonyl (C=O) groups is 1. The molecule has 1 aromatic carbocycles. The normalized spacial score (nSPS) is 12.2. The second kappa shape index (κ2) is 4.05. The Labute approximate surface area is 77.5 Å². The first-order valence-corrected chi connectivity index (χ1v) is 4.09. The zero-order valence-electron chi connectivity index (χ0n) is 7.78. The molecule has 0 bridgehead atoms. The molecule has 70 valence electrons. The van der Waals surface area contributed by atoms with Crippen LogP contribution in [0.1, 0.15) is 28.9 Å². The predicted octanol–water partition coefficient (Wildman–Crippen LogP) is 1.49. The SMILES string of the molecule is COC(=O)c1cccc(C(C)N)c1. The second-order valence-corrected chi connectivity index (χ2v) is 2.91. The summed E-state index contributed by atoms with van der Waals surface area (Å²) in [4.78, 5) is 11.1. The number of hydrogen-bond donors (Lipinski definition) is 1. The smallest absolute Gasteiger partial charge is 0.337 e. The van der Waals surface area contributed by atoms with E-state index in [0.29, 0.717) is 5.56 Å². The van der Waals surface area contributed by atoms with Gasteiger partial charge in [-0.1, -0.05) is 12.1 Å². The lowest BCUT2D eigenvalue weighted by Crippen LogP contribution is -2.07. The number of nitrogens with two attached hydrogens (primary N) is 1. The summed E-state index contributed by atoms with van der Waals surface area (Å²) >= 11 is 0. The van der Waals surface area contributed by atoms with E-state index in [4.69, 9.17) is 5.73 Å². The monoisotopic (exact) mass is 179 g/mol. The van der Waals surface area contributed by atoms with Crippen molar-refractivity contribution in [3.05, 3.63) is 35.4 Å². The van der Waals surface area contributed by atoms with E-state index in [1.807, 2.05) is 13.0 Å². The fraction of sp³-hybridized carbons (Fsp3) is 0.300. The average molecular weight is 179 g/mol. The van der Waals surface area contributed by atoms with E-state index in [0.717, 1.165) is 5.56 Å². The van der Waals surface area contributed by atoms with Gasteiger partial charge in [-0.3, -0.25) is 0 Å². The molecule has 1 rings (SSSR count). The lowest BCUT2D eigenvalue weighted by atomic mass is 10.1. The molecule has 0 spiro atoms. The van der Waals surface area contributed by atoms with Gasteiger partial charge in [0, 0.05) is 6.04 Å². The molecule has 0 aliphatic rings. The highest BCUT2D eigenvalue weighted by molar-refractivity contribution is 5.89. The van der Waals surface area contributed by atoms with Gasteiger partial charge in [0.2, 0.25) is 0 Å². The van der Waals surface area contributed by atoms with Crippen LogP contribution >= 0.6 is 0 Å². The Kier molecular flexibility index (Phi) is 3.03. The van der Waals surface area contributed by atoms with Crippen LogP contribution in [0.4, 0.5) is 0 Å². The number of hydrogen-bond acceptors (Lipinski definition) is 3. The first-order chi connectivity index (χ1) is 6.15. The molecule has 0 amide bonds. The zero-order chi connectivity index (χ0) is 9.84. The zero-order valence-corrected chi connectivity index (χ0v) is 7.78. The topological polar surface area (TPSA) is 52.3 Å². The van der Waals surface area contributed by atoms with Gasteiger partial charge in [0.25, 0.3) is 0 Å². The summed E-state index contributed by atoms with van der Waals surface area (Å²) in [5, 5.41) is 0. The fourth-order valence-electron chi connectivity index (χ4n) is 1.07. The quantitative estimate of drug-likeness (QED) is 0.700. The first kappa shape index (κ1) is 9.74. The molecule has 3 nitrogen and oxygen atoms in total. The van der Waals surface area contributed by atoms with Crippen molar-refractivity contribution >= 4 is 5.97 Å². The number of rotatable bonds is 2. The maximum atomic E-state index is 11.1. The summed E-state index contributed by atoms with van der Waals surface area (Å²) in [7, 11) is 1.36. The predicted molar refractivity (Wildman–Crippen MR) is 50.4 cm³/mol. The van der Waals surface area contributed by atoms with Crippen LogP contribution in [0.5, 0.6) is 0 Å². The van der Waals surface area contributed by atoms with Crippen LogP contribution in [0.15, 0.2) is 24.3 Å². The van der Waals surface area contributed by atoms with E-state index in [1.54, 1.807) is 18.2 Å². The molecule has 1 unspecified atom stereocenters. The molecule has 0 saturated heterocycles. The molecule has 13 heavy (non-hydrogen) atoms. The third kappa shape index (κ3) is 2.29. The van der Waals surface area contributed by atoms with E-state index in [1.165, 1.54) is 7.11 Å². The molecule has 0 fully saturated rings. The van der Waals surface area contributed by atoms with Gasteiger partial charge in [-0.15, -0.1) is 0 Å². The van der Waals surface area contributed by atoms with E-state index in [9.17, 15) is 4.79 Å². The van der Waals surface area contributed by atoms with Crippen molar-refractivity contribution in [3.63, 3.8) is 0 Å². The maximum absolute atomic E-state index is 11.1. The molecular weight excluding hydrogens is 166 g/mol. The van der Waals surface area contributed by atoms with Crippen LogP contribution in [0, 0.1) is 0 Å². The molecule has 0 radical (unpaired) electrons. The molecule has 0 aliphatic heterocycles. The number of esters is 1. The van der Waals surface area contributed by atoms with Gasteiger partial charge in [-0.25, -0.2) is 4.79 Å². The third-order valence-corrected chi connectivity index (χ3v) is 1.83. The van der Waals surface area contributed by atoms with E-state index < -0.39 is 0 Å². The highest BCUT2D eigenvalue weighted by Crippen LogP contribution is 2.12. The van der Waals surface area contributed by atoms with Crippen molar-refractivity contribution in [2.24, 2.45) is 5.73 Å². The number of carbonyl (C=O) groups excluding carboxylic acids is 1. The highest BCUT2D eigenvalue weighted by atomic mass is 16.5. The molecule has 0 aromatic heterocycles. The van der Waals surface area contributed by atoms with Gasteiger partial charge in [0.15, 0.2) is 0 Å². The lowest BCUT2D eigenvalue weighted by molar-refractivity contribution is 0.0600. The van der Waals surface area contributed by atoms with Gasteiger partial charge in [0.1, 0.15) is 0 Å². The average Bonchev–Trinajstić information content (AvgIpc) is 2.17. The Morgan fingerprint density at radius 2 is 2.23 bits per heavy atom. The highest BCUT2D eigenvalue weighted by Gasteiger charge is 2.06. The van der Waals surface area contributed by atoms with Crippen LogP contribution in [0.25, 0.3) is 0 Å². The summed E-state index contributed by atoms with van der Waals surface area (Å²) in [5.41, 5.74) is 7.14. The molecule has 0 aliphatic carbocycles. The second-order valence-electron chi connectivity index (χ2n) is 2.91. The summed E-state index contributed by atoms with van der Waals surface area (Å²) in [6.07, 6.45) is 0. The van der Waals surface area contributed by atoms with E-state index in [-0.39, 0.29) is 12.0 Å². The van der Waals surface area contributed by atoms with Gasteiger partial charge in [-0.05, 0) is 24.6 Å². The van der Waals surface area contributed by atoms with Gasteiger partial charge < -0.3 is 10.5 Å². The minimum Gasteiger partial charge on any atom is -0.465 e. The molecule has 2 N–H and O–H groups in total. The molecular formula is C10H13NO2. The van der Waals surface area contributed by atoms with Crippen molar-refractivity contribution in [2.75, 3.05) is 7.11 Å². The van der Waals surface area contributed by atoms with Crippen LogP contribution in [0.2, 0.25) is 0 Å². The largest absolute Gasteiger partial charge is 0.465 e. The minimum atomic E-state index is -0.331. The van der Waals surface area contributed by atoms with Crippen molar-refractivity contribution in [1.29, 1.82) is 0 Å². The number of benzene rings is 1. The van der Waals surface area contributed by atoms with E-state index >= 15 is 0 Å². The van der Waals surface area contributed by atoms with Gasteiger partial charge >= 0.3 is 5.97 Å². The van der Waals surface area contributed by atoms with Crippen LogP contribution in [-0.4, -0.2) is 13.1 Å². The molecule has 1 aromatic rings. The van der Waals surface area contributed by atoms with Gasteiger partial charge in [-0.2, -0.15) is 0 Å². The number of methoxy groups -OCH3 is 1. The molecule has 0 heterocycles. The Hall–Kier alpha value is -1.35. The van der Waals surface area contributed by atoms with Crippen LogP contribution in [0.3, 0.4) is 0 Å². The minimum absolute atomic E-state index is 0.0652. The van der Waals surface area contributed by atoms with Crippen LogP contribution in [-0.2, 0) is 4.74 Å². The maximum Gasteiger partial charge on any atom is 0.337 e. The van der Waals surface area contributed by atoms with Crippen molar-refractivity contribution in [3.8, 4) is 0 Å². The van der Waals surface area contributed by atoms with Crippen molar-refractivity contribution in [2.45, 2.75) is 13.0 Å². The summed E-state index contributed by atoms with van der Waals surface area (Å²) in [5.74, 6) is -0.331. The van der Waals surface area contributed by atoms with Crippen molar-refractivity contribution in [1.82, 2.24) is 0 Å². The summed E-state index contributed by atoms with van der Waals surface area (Å²) in [6, 6.07) is 7.07. The van der Waals surface area contributed by atoms with Gasteiger partial charge in [0.05, 0.1) is 12.7 Å². The Morgan fingerprint density at radius 1 is 1.54 bits per heavy atom. The Morgan fingerprint density at radius 3 is 2.77 bits per heavy atom. The Balaban J connectivity index is 2.98. The molecule has 3 heteroatoms. The standard InChI is InChI=1S/C10H13NO2/c1-7(11)8-4-3-5-9(6-8)10(12)13-2/h3-7H,11H2,1-2H3.